The number of carboxylic acids is 1. The number of hydrogen-bond acceptors (Lipinski definition) is 4. The number of carboxylic acid groups (broad SMARTS) is 1. The van der Waals surface area contributed by atoms with Gasteiger partial charge in [0, 0.05) is 0 Å². The second-order valence-electron chi connectivity index (χ2n) is 3.12. The van der Waals surface area contributed by atoms with Crippen molar-refractivity contribution in [3.63, 3.8) is 0 Å². The summed E-state index contributed by atoms with van der Waals surface area (Å²) in [6, 6.07) is 0.0230. The van der Waals surface area contributed by atoms with Crippen molar-refractivity contribution in [2.24, 2.45) is 0 Å². The average Bonchev–Trinajstić information content (AvgIpc) is 2.83. The van der Waals surface area contributed by atoms with Gasteiger partial charge < -0.3 is 5.11 Å². The lowest BCUT2D eigenvalue weighted by atomic mass is 10.3. The van der Waals surface area contributed by atoms with Gasteiger partial charge in [0.05, 0.1) is 11.0 Å². The van der Waals surface area contributed by atoms with Crippen molar-refractivity contribution in [1.82, 2.24) is 9.78 Å². The van der Waals surface area contributed by atoms with E-state index in [0.29, 0.717) is 0 Å². The van der Waals surface area contributed by atoms with Crippen molar-refractivity contribution < 1.29 is 14.8 Å². The number of hydrogen-bond donors (Lipinski definition) is 1. The highest BCUT2D eigenvalue weighted by Crippen LogP contribution is 2.37. The molecular weight excluding hydrogens is 190 g/mol. The Hall–Kier alpha value is -1.92. The van der Waals surface area contributed by atoms with Crippen molar-refractivity contribution in [3.8, 4) is 0 Å². The number of aromatic nitrogens is 2. The quantitative estimate of drug-likeness (QED) is 0.571. The van der Waals surface area contributed by atoms with E-state index in [1.165, 1.54) is 4.68 Å². The van der Waals surface area contributed by atoms with E-state index >= 15 is 0 Å². The summed E-state index contributed by atoms with van der Waals surface area (Å²) in [6.07, 6.45) is 2.65. The SMILES string of the molecule is O=C(O)c1c([N+](=O)[O-])cnn1C1CC1. The lowest BCUT2D eigenvalue weighted by Gasteiger charge is -1.99. The van der Waals surface area contributed by atoms with Gasteiger partial charge in [-0.1, -0.05) is 0 Å². The van der Waals surface area contributed by atoms with Crippen LogP contribution in [0.25, 0.3) is 0 Å². The summed E-state index contributed by atoms with van der Waals surface area (Å²) in [4.78, 5) is 20.5. The molecule has 74 valence electrons. The molecule has 0 aromatic carbocycles. The molecule has 1 aromatic heterocycles. The van der Waals surface area contributed by atoms with E-state index in [9.17, 15) is 14.9 Å². The van der Waals surface area contributed by atoms with Crippen LogP contribution in [-0.4, -0.2) is 25.8 Å². The molecule has 7 nitrogen and oxygen atoms in total. The zero-order valence-electron chi connectivity index (χ0n) is 7.08. The van der Waals surface area contributed by atoms with Crippen LogP contribution in [0, 0.1) is 10.1 Å². The largest absolute Gasteiger partial charge is 0.476 e. The monoisotopic (exact) mass is 197 g/mol. The highest BCUT2D eigenvalue weighted by molar-refractivity contribution is 5.90. The molecular formula is C7H7N3O4. The summed E-state index contributed by atoms with van der Waals surface area (Å²) >= 11 is 0. The van der Waals surface area contributed by atoms with E-state index in [0.717, 1.165) is 19.0 Å². The molecule has 0 spiro atoms. The highest BCUT2D eigenvalue weighted by atomic mass is 16.6. The first-order chi connectivity index (χ1) is 6.61. The second kappa shape index (κ2) is 2.79. The number of aromatic carboxylic acids is 1. The second-order valence-corrected chi connectivity index (χ2v) is 3.12. The minimum Gasteiger partial charge on any atom is -0.476 e. The number of nitro groups is 1. The van der Waals surface area contributed by atoms with Crippen LogP contribution in [0.1, 0.15) is 29.4 Å². The summed E-state index contributed by atoms with van der Waals surface area (Å²) in [5.74, 6) is -1.30. The van der Waals surface area contributed by atoms with E-state index in [1.54, 1.807) is 0 Å². The first kappa shape index (κ1) is 8.67. The van der Waals surface area contributed by atoms with Crippen molar-refractivity contribution in [1.29, 1.82) is 0 Å². The Morgan fingerprint density at radius 3 is 2.79 bits per heavy atom. The number of nitrogens with zero attached hydrogens (tertiary/aromatic N) is 3. The first-order valence-corrected chi connectivity index (χ1v) is 4.06. The molecule has 14 heavy (non-hydrogen) atoms. The highest BCUT2D eigenvalue weighted by Gasteiger charge is 2.34. The van der Waals surface area contributed by atoms with E-state index in [1.807, 2.05) is 0 Å². The molecule has 1 aromatic rings. The van der Waals surface area contributed by atoms with Crippen molar-refractivity contribution in [3.05, 3.63) is 22.0 Å². The van der Waals surface area contributed by atoms with Crippen LogP contribution in [-0.2, 0) is 0 Å². The van der Waals surface area contributed by atoms with E-state index < -0.39 is 16.6 Å². The summed E-state index contributed by atoms with van der Waals surface area (Å²) in [5, 5.41) is 23.0. The normalized spacial score (nSPS) is 15.4. The maximum Gasteiger partial charge on any atom is 0.361 e. The van der Waals surface area contributed by atoms with Crippen molar-refractivity contribution in [2.75, 3.05) is 0 Å². The van der Waals surface area contributed by atoms with Crippen molar-refractivity contribution in [2.45, 2.75) is 18.9 Å². The summed E-state index contributed by atoms with van der Waals surface area (Å²) in [7, 11) is 0. The minimum absolute atomic E-state index is 0.0230. The molecule has 0 radical (unpaired) electrons. The molecule has 0 saturated heterocycles. The molecule has 1 saturated carbocycles. The van der Waals surface area contributed by atoms with E-state index in [2.05, 4.69) is 5.10 Å². The summed E-state index contributed by atoms with van der Waals surface area (Å²) in [6.45, 7) is 0. The zero-order valence-corrected chi connectivity index (χ0v) is 7.08. The van der Waals surface area contributed by atoms with Gasteiger partial charge in [0.1, 0.15) is 6.20 Å². The van der Waals surface area contributed by atoms with Crippen LogP contribution in [0.5, 0.6) is 0 Å². The van der Waals surface area contributed by atoms with Gasteiger partial charge in [-0.2, -0.15) is 5.10 Å². The molecule has 2 rings (SSSR count). The molecule has 1 aliphatic rings. The van der Waals surface area contributed by atoms with Gasteiger partial charge in [0.25, 0.3) is 0 Å². The molecule has 1 aliphatic carbocycles. The maximum atomic E-state index is 10.8. The molecule has 1 heterocycles. The number of rotatable bonds is 3. The van der Waals surface area contributed by atoms with Gasteiger partial charge in [0.2, 0.25) is 5.69 Å². The van der Waals surface area contributed by atoms with Crippen LogP contribution < -0.4 is 0 Å². The lowest BCUT2D eigenvalue weighted by Crippen LogP contribution is -2.10. The van der Waals surface area contributed by atoms with E-state index in [-0.39, 0.29) is 11.7 Å². The minimum atomic E-state index is -1.30. The standard InChI is InChI=1S/C7H7N3O4/c11-7(12)6-5(10(13)14)3-8-9(6)4-1-2-4/h3-4H,1-2H2,(H,11,12). The van der Waals surface area contributed by atoms with Gasteiger partial charge >= 0.3 is 11.7 Å². The molecule has 1 fully saturated rings. The fraction of sp³-hybridized carbons (Fsp3) is 0.429. The fourth-order valence-corrected chi connectivity index (χ4v) is 1.29. The molecule has 7 heteroatoms. The Labute approximate surface area is 78.1 Å². The molecule has 1 N–H and O–H groups in total. The average molecular weight is 197 g/mol. The third-order valence-electron chi connectivity index (χ3n) is 2.07. The molecule has 0 unspecified atom stereocenters. The Morgan fingerprint density at radius 2 is 2.36 bits per heavy atom. The number of carbonyl (C=O) groups is 1. The first-order valence-electron chi connectivity index (χ1n) is 4.06. The van der Waals surface area contributed by atoms with Gasteiger partial charge in [0.15, 0.2) is 0 Å². The van der Waals surface area contributed by atoms with Gasteiger partial charge in [-0.05, 0) is 12.8 Å². The lowest BCUT2D eigenvalue weighted by molar-refractivity contribution is -0.385. The third-order valence-corrected chi connectivity index (χ3v) is 2.07. The van der Waals surface area contributed by atoms with Crippen LogP contribution in [0.3, 0.4) is 0 Å². The van der Waals surface area contributed by atoms with Crippen molar-refractivity contribution >= 4 is 11.7 Å². The zero-order chi connectivity index (χ0) is 10.3. The van der Waals surface area contributed by atoms with Gasteiger partial charge in [-0.25, -0.2) is 9.48 Å². The molecule has 0 amide bonds. The third kappa shape index (κ3) is 1.22. The van der Waals surface area contributed by atoms with Crippen LogP contribution in [0.2, 0.25) is 0 Å². The van der Waals surface area contributed by atoms with Gasteiger partial charge in [-0.15, -0.1) is 0 Å². The Balaban J connectivity index is 2.51. The maximum absolute atomic E-state index is 10.8. The topological polar surface area (TPSA) is 98.3 Å². The smallest absolute Gasteiger partial charge is 0.361 e. The van der Waals surface area contributed by atoms with E-state index in [4.69, 9.17) is 5.11 Å². The van der Waals surface area contributed by atoms with Gasteiger partial charge in [-0.3, -0.25) is 10.1 Å². The van der Waals surface area contributed by atoms with Crippen LogP contribution in [0.15, 0.2) is 6.20 Å². The predicted octanol–water partition coefficient (Wildman–Crippen LogP) is 0.824. The van der Waals surface area contributed by atoms with Crippen LogP contribution in [0.4, 0.5) is 5.69 Å². The Morgan fingerprint density at radius 1 is 1.71 bits per heavy atom. The summed E-state index contributed by atoms with van der Waals surface area (Å²) < 4.78 is 1.22. The fourth-order valence-electron chi connectivity index (χ4n) is 1.29. The van der Waals surface area contributed by atoms with Crippen LogP contribution >= 0.6 is 0 Å². The Kier molecular flexibility index (Phi) is 1.73. The molecule has 0 atom stereocenters. The predicted molar refractivity (Wildman–Crippen MR) is 44.1 cm³/mol. The summed E-state index contributed by atoms with van der Waals surface area (Å²) in [5.41, 5.74) is -0.762. The molecule has 0 bridgehead atoms. The molecule has 0 aliphatic heterocycles. The Bertz CT molecular complexity index is 407.